The Morgan fingerprint density at radius 2 is 2.00 bits per heavy atom. The maximum atomic E-state index is 13.1. The fourth-order valence-electron chi connectivity index (χ4n) is 1.31. The van der Waals surface area contributed by atoms with Gasteiger partial charge in [-0.25, -0.2) is 13.6 Å². The van der Waals surface area contributed by atoms with E-state index in [0.717, 1.165) is 12.1 Å². The Balaban J connectivity index is 2.82. The first-order chi connectivity index (χ1) is 8.73. The molecule has 1 aromatic rings. The van der Waals surface area contributed by atoms with Crippen LogP contribution in [-0.2, 0) is 4.74 Å². The molecule has 1 atom stereocenters. The summed E-state index contributed by atoms with van der Waals surface area (Å²) in [6, 6.07) is 3.66. The zero-order valence-electron chi connectivity index (χ0n) is 10.8. The number of nitrogens with zero attached hydrogens (tertiary/aromatic N) is 1. The minimum Gasteiger partial charge on any atom is -0.444 e. The van der Waals surface area contributed by atoms with Crippen molar-refractivity contribution in [3.63, 3.8) is 0 Å². The Labute approximate surface area is 110 Å². The van der Waals surface area contributed by atoms with Crippen LogP contribution in [0, 0.1) is 23.0 Å². The lowest BCUT2D eigenvalue weighted by atomic mass is 10.1. The van der Waals surface area contributed by atoms with Crippen LogP contribution in [0.1, 0.15) is 32.4 Å². The highest BCUT2D eigenvalue weighted by molar-refractivity contribution is 5.69. The second-order valence-corrected chi connectivity index (χ2v) is 4.88. The molecule has 0 aliphatic carbocycles. The van der Waals surface area contributed by atoms with Crippen molar-refractivity contribution in [2.75, 3.05) is 0 Å². The number of carbonyl (C=O) groups is 1. The summed E-state index contributed by atoms with van der Waals surface area (Å²) in [5, 5.41) is 11.2. The fourth-order valence-corrected chi connectivity index (χ4v) is 1.31. The Hall–Kier alpha value is -2.16. The summed E-state index contributed by atoms with van der Waals surface area (Å²) in [7, 11) is 0. The van der Waals surface area contributed by atoms with Gasteiger partial charge in [-0.15, -0.1) is 0 Å². The van der Waals surface area contributed by atoms with Gasteiger partial charge in [-0.1, -0.05) is 6.07 Å². The molecule has 0 heterocycles. The molecular weight excluding hydrogens is 254 g/mol. The van der Waals surface area contributed by atoms with E-state index in [1.165, 1.54) is 6.07 Å². The van der Waals surface area contributed by atoms with Gasteiger partial charge in [0.15, 0.2) is 11.6 Å². The van der Waals surface area contributed by atoms with E-state index in [1.807, 2.05) is 0 Å². The molecule has 1 amide bonds. The molecule has 6 heteroatoms. The van der Waals surface area contributed by atoms with Gasteiger partial charge in [-0.3, -0.25) is 0 Å². The van der Waals surface area contributed by atoms with Crippen LogP contribution in [0.2, 0.25) is 0 Å². The molecule has 0 saturated carbocycles. The normalized spacial score (nSPS) is 12.4. The van der Waals surface area contributed by atoms with E-state index in [0.29, 0.717) is 0 Å². The molecule has 4 nitrogen and oxygen atoms in total. The maximum Gasteiger partial charge on any atom is 0.408 e. The SMILES string of the molecule is CC(C)(C)OC(=O)NC(C#N)c1ccc(F)c(F)c1. The molecule has 0 fully saturated rings. The number of hydrogen-bond donors (Lipinski definition) is 1. The largest absolute Gasteiger partial charge is 0.444 e. The van der Waals surface area contributed by atoms with E-state index in [1.54, 1.807) is 26.8 Å². The Bertz CT molecular complexity index is 518. The predicted molar refractivity (Wildman–Crippen MR) is 64.1 cm³/mol. The van der Waals surface area contributed by atoms with Crippen molar-refractivity contribution in [2.24, 2.45) is 0 Å². The van der Waals surface area contributed by atoms with Gasteiger partial charge < -0.3 is 10.1 Å². The minimum absolute atomic E-state index is 0.146. The average Bonchev–Trinajstić information content (AvgIpc) is 2.27. The van der Waals surface area contributed by atoms with E-state index >= 15 is 0 Å². The molecule has 0 saturated heterocycles. The van der Waals surface area contributed by atoms with Gasteiger partial charge in [0.25, 0.3) is 0 Å². The highest BCUT2D eigenvalue weighted by Gasteiger charge is 2.21. The summed E-state index contributed by atoms with van der Waals surface area (Å²) in [5.41, 5.74) is -0.565. The summed E-state index contributed by atoms with van der Waals surface area (Å²) in [6.45, 7) is 5.02. The molecule has 0 radical (unpaired) electrons. The second-order valence-electron chi connectivity index (χ2n) is 4.88. The van der Waals surface area contributed by atoms with Crippen LogP contribution in [0.25, 0.3) is 0 Å². The van der Waals surface area contributed by atoms with Crippen molar-refractivity contribution < 1.29 is 18.3 Å². The van der Waals surface area contributed by atoms with Gasteiger partial charge in [0.05, 0.1) is 6.07 Å². The summed E-state index contributed by atoms with van der Waals surface area (Å²) >= 11 is 0. The maximum absolute atomic E-state index is 13.1. The molecule has 0 aliphatic heterocycles. The van der Waals surface area contributed by atoms with Crippen LogP contribution in [0.5, 0.6) is 0 Å². The number of amides is 1. The van der Waals surface area contributed by atoms with Gasteiger partial charge in [-0.05, 0) is 38.5 Å². The topological polar surface area (TPSA) is 62.1 Å². The van der Waals surface area contributed by atoms with Gasteiger partial charge >= 0.3 is 6.09 Å². The Kier molecular flexibility index (Phi) is 4.43. The zero-order chi connectivity index (χ0) is 14.6. The number of rotatable bonds is 2. The summed E-state index contributed by atoms with van der Waals surface area (Å²) < 4.78 is 30.8. The van der Waals surface area contributed by atoms with Crippen molar-refractivity contribution in [2.45, 2.75) is 32.4 Å². The standard InChI is InChI=1S/C13H14F2N2O2/c1-13(2,3)19-12(18)17-11(7-16)8-4-5-9(14)10(15)6-8/h4-6,11H,1-3H3,(H,17,18). The smallest absolute Gasteiger partial charge is 0.408 e. The summed E-state index contributed by atoms with van der Waals surface area (Å²) in [5.74, 6) is -2.10. The van der Waals surface area contributed by atoms with Crippen LogP contribution in [0.3, 0.4) is 0 Å². The number of carbonyl (C=O) groups excluding carboxylic acids is 1. The highest BCUT2D eigenvalue weighted by Crippen LogP contribution is 2.17. The molecule has 0 bridgehead atoms. The molecule has 1 unspecified atom stereocenters. The number of nitriles is 1. The van der Waals surface area contributed by atoms with Crippen molar-refractivity contribution in [1.29, 1.82) is 5.26 Å². The quantitative estimate of drug-likeness (QED) is 0.896. The third kappa shape index (κ3) is 4.54. The monoisotopic (exact) mass is 268 g/mol. The second kappa shape index (κ2) is 5.65. The van der Waals surface area contributed by atoms with Gasteiger partial charge in [0.1, 0.15) is 11.6 Å². The van der Waals surface area contributed by atoms with E-state index in [2.05, 4.69) is 5.32 Å². The lowest BCUT2D eigenvalue weighted by Crippen LogP contribution is -2.34. The van der Waals surface area contributed by atoms with Crippen molar-refractivity contribution in [1.82, 2.24) is 5.32 Å². The van der Waals surface area contributed by atoms with Crippen molar-refractivity contribution >= 4 is 6.09 Å². The summed E-state index contributed by atoms with van der Waals surface area (Å²) in [4.78, 5) is 11.5. The van der Waals surface area contributed by atoms with Crippen molar-refractivity contribution in [3.05, 3.63) is 35.4 Å². The molecular formula is C13H14F2N2O2. The third-order valence-corrected chi connectivity index (χ3v) is 2.07. The predicted octanol–water partition coefficient (Wildman–Crippen LogP) is 3.05. The third-order valence-electron chi connectivity index (χ3n) is 2.07. The van der Waals surface area contributed by atoms with E-state index in [4.69, 9.17) is 10.00 Å². The van der Waals surface area contributed by atoms with Crippen LogP contribution in [-0.4, -0.2) is 11.7 Å². The first-order valence-corrected chi connectivity index (χ1v) is 5.57. The number of alkyl carbamates (subject to hydrolysis) is 1. The lowest BCUT2D eigenvalue weighted by molar-refractivity contribution is 0.0515. The van der Waals surface area contributed by atoms with Gasteiger partial charge in [0.2, 0.25) is 0 Å². The Morgan fingerprint density at radius 1 is 1.37 bits per heavy atom. The number of halogens is 2. The molecule has 1 N–H and O–H groups in total. The van der Waals surface area contributed by atoms with Gasteiger partial charge in [0, 0.05) is 0 Å². The Morgan fingerprint density at radius 3 is 2.47 bits per heavy atom. The molecule has 0 spiro atoms. The lowest BCUT2D eigenvalue weighted by Gasteiger charge is -2.21. The number of nitrogens with one attached hydrogen (secondary N) is 1. The molecule has 0 aliphatic rings. The van der Waals surface area contributed by atoms with Crippen LogP contribution < -0.4 is 5.32 Å². The van der Waals surface area contributed by atoms with Crippen LogP contribution in [0.4, 0.5) is 13.6 Å². The fraction of sp³-hybridized carbons (Fsp3) is 0.385. The minimum atomic E-state index is -1.11. The van der Waals surface area contributed by atoms with E-state index in [-0.39, 0.29) is 5.56 Å². The van der Waals surface area contributed by atoms with Crippen molar-refractivity contribution in [3.8, 4) is 6.07 Å². The van der Waals surface area contributed by atoms with E-state index < -0.39 is 29.4 Å². The average molecular weight is 268 g/mol. The molecule has 1 aromatic carbocycles. The van der Waals surface area contributed by atoms with Crippen LogP contribution in [0.15, 0.2) is 18.2 Å². The van der Waals surface area contributed by atoms with E-state index in [9.17, 15) is 13.6 Å². The summed E-state index contributed by atoms with van der Waals surface area (Å²) in [6.07, 6.45) is -0.802. The molecule has 19 heavy (non-hydrogen) atoms. The highest BCUT2D eigenvalue weighted by atomic mass is 19.2. The number of hydrogen-bond acceptors (Lipinski definition) is 3. The molecule has 102 valence electrons. The zero-order valence-corrected chi connectivity index (χ0v) is 10.8. The number of benzene rings is 1. The van der Waals surface area contributed by atoms with Crippen LogP contribution >= 0.6 is 0 Å². The number of ether oxygens (including phenoxy) is 1. The molecule has 1 rings (SSSR count). The molecule has 0 aromatic heterocycles. The first kappa shape index (κ1) is 14.9. The first-order valence-electron chi connectivity index (χ1n) is 5.57. The van der Waals surface area contributed by atoms with Gasteiger partial charge in [-0.2, -0.15) is 5.26 Å².